The summed E-state index contributed by atoms with van der Waals surface area (Å²) in [5, 5.41) is 5.44. The summed E-state index contributed by atoms with van der Waals surface area (Å²) in [6.45, 7) is 7.21. The van der Waals surface area contributed by atoms with E-state index in [1.54, 1.807) is 22.7 Å². The van der Waals surface area contributed by atoms with Gasteiger partial charge in [0, 0.05) is 17.8 Å². The third-order valence-electron chi connectivity index (χ3n) is 2.99. The van der Waals surface area contributed by atoms with Gasteiger partial charge in [0.25, 0.3) is 0 Å². The number of hydrogen-bond donors (Lipinski definition) is 1. The largest absolute Gasteiger partial charge is 0.330 e. The van der Waals surface area contributed by atoms with Gasteiger partial charge in [0.2, 0.25) is 0 Å². The quantitative estimate of drug-likeness (QED) is 0.912. The molecule has 2 aromatic rings. The van der Waals surface area contributed by atoms with Gasteiger partial charge in [-0.05, 0) is 29.9 Å². The molecule has 92 valence electrons. The minimum Gasteiger partial charge on any atom is -0.330 e. The number of nitrogens with two attached hydrogens (primary N) is 1. The van der Waals surface area contributed by atoms with Crippen molar-refractivity contribution in [3.8, 4) is 10.6 Å². The van der Waals surface area contributed by atoms with Crippen molar-refractivity contribution in [2.75, 3.05) is 6.54 Å². The fourth-order valence-electron chi connectivity index (χ4n) is 1.86. The first-order chi connectivity index (χ1) is 8.13. The maximum absolute atomic E-state index is 5.83. The van der Waals surface area contributed by atoms with Gasteiger partial charge in [-0.2, -0.15) is 0 Å². The van der Waals surface area contributed by atoms with Gasteiger partial charge in [-0.25, -0.2) is 4.98 Å². The van der Waals surface area contributed by atoms with Crippen LogP contribution >= 0.6 is 22.7 Å². The van der Waals surface area contributed by atoms with Gasteiger partial charge < -0.3 is 5.73 Å². The fourth-order valence-corrected chi connectivity index (χ4v) is 3.91. The fraction of sp³-hybridized carbons (Fsp3) is 0.462. The monoisotopic (exact) mass is 266 g/mol. The molecule has 0 aliphatic carbocycles. The number of aromatic nitrogens is 1. The number of thiazole rings is 1. The van der Waals surface area contributed by atoms with E-state index in [2.05, 4.69) is 37.6 Å². The number of nitrogens with zero attached hydrogens (tertiary/aromatic N) is 1. The molecule has 0 bridgehead atoms. The van der Waals surface area contributed by atoms with Crippen LogP contribution in [0.5, 0.6) is 0 Å². The van der Waals surface area contributed by atoms with Crippen molar-refractivity contribution in [1.82, 2.24) is 4.98 Å². The topological polar surface area (TPSA) is 38.9 Å². The molecular formula is C13H18N2S2. The Hall–Kier alpha value is -0.710. The van der Waals surface area contributed by atoms with Gasteiger partial charge in [-0.1, -0.05) is 13.8 Å². The summed E-state index contributed by atoms with van der Waals surface area (Å²) in [6.07, 6.45) is 0. The van der Waals surface area contributed by atoms with Crippen molar-refractivity contribution in [2.45, 2.75) is 26.7 Å². The molecule has 0 fully saturated rings. The van der Waals surface area contributed by atoms with Crippen LogP contribution in [0.2, 0.25) is 0 Å². The summed E-state index contributed by atoms with van der Waals surface area (Å²) in [4.78, 5) is 6.04. The van der Waals surface area contributed by atoms with E-state index in [0.29, 0.717) is 18.4 Å². The summed E-state index contributed by atoms with van der Waals surface area (Å²) in [5.74, 6) is 0.928. The van der Waals surface area contributed by atoms with Gasteiger partial charge in [0.05, 0.1) is 15.6 Å². The third-order valence-corrected chi connectivity index (χ3v) is 5.01. The third kappa shape index (κ3) is 2.59. The molecule has 0 aliphatic rings. The van der Waals surface area contributed by atoms with Crippen molar-refractivity contribution in [3.63, 3.8) is 0 Å². The molecule has 0 aliphatic heterocycles. The molecule has 2 N–H and O–H groups in total. The van der Waals surface area contributed by atoms with Crippen molar-refractivity contribution in [2.24, 2.45) is 11.7 Å². The summed E-state index contributed by atoms with van der Waals surface area (Å²) < 4.78 is 0. The van der Waals surface area contributed by atoms with Crippen LogP contribution in [0.25, 0.3) is 10.6 Å². The molecule has 0 saturated heterocycles. The molecular weight excluding hydrogens is 248 g/mol. The molecule has 17 heavy (non-hydrogen) atoms. The first kappa shape index (κ1) is 12.7. The zero-order chi connectivity index (χ0) is 12.4. The zero-order valence-corrected chi connectivity index (χ0v) is 12.1. The van der Waals surface area contributed by atoms with E-state index < -0.39 is 0 Å². The molecule has 4 heteroatoms. The number of thiophene rings is 1. The van der Waals surface area contributed by atoms with Crippen LogP contribution in [0, 0.1) is 12.8 Å². The van der Waals surface area contributed by atoms with E-state index in [9.17, 15) is 0 Å². The molecule has 0 spiro atoms. The number of rotatable bonds is 4. The summed E-state index contributed by atoms with van der Waals surface area (Å²) in [7, 11) is 0. The first-order valence-electron chi connectivity index (χ1n) is 5.83. The highest BCUT2D eigenvalue weighted by Gasteiger charge is 2.18. The first-order valence-corrected chi connectivity index (χ1v) is 7.59. The standard InChI is InChI=1S/C13H18N2S2/c1-8(2)10(6-14)13-15-11(7-17-13)12-9(3)4-5-16-12/h4-5,7-8,10H,6,14H2,1-3H3. The van der Waals surface area contributed by atoms with Crippen molar-refractivity contribution in [1.29, 1.82) is 0 Å². The molecule has 1 unspecified atom stereocenters. The van der Waals surface area contributed by atoms with Crippen LogP contribution < -0.4 is 5.73 Å². The Kier molecular flexibility index (Phi) is 3.97. The summed E-state index contributed by atoms with van der Waals surface area (Å²) in [5.41, 5.74) is 8.25. The molecule has 2 nitrogen and oxygen atoms in total. The number of hydrogen-bond acceptors (Lipinski definition) is 4. The molecule has 0 radical (unpaired) electrons. The zero-order valence-electron chi connectivity index (χ0n) is 10.4. The lowest BCUT2D eigenvalue weighted by molar-refractivity contribution is 0.504. The van der Waals surface area contributed by atoms with Crippen LogP contribution in [-0.4, -0.2) is 11.5 Å². The highest BCUT2D eigenvalue weighted by atomic mass is 32.1. The highest BCUT2D eigenvalue weighted by Crippen LogP contribution is 2.33. The smallest absolute Gasteiger partial charge is 0.0979 e. The second-order valence-electron chi connectivity index (χ2n) is 4.59. The average molecular weight is 266 g/mol. The number of aryl methyl sites for hydroxylation is 1. The highest BCUT2D eigenvalue weighted by molar-refractivity contribution is 7.14. The van der Waals surface area contributed by atoms with Crippen LogP contribution in [0.3, 0.4) is 0 Å². The predicted octanol–water partition coefficient (Wildman–Crippen LogP) is 3.88. The van der Waals surface area contributed by atoms with E-state index in [1.807, 2.05) is 0 Å². The minimum absolute atomic E-state index is 0.383. The summed E-state index contributed by atoms with van der Waals surface area (Å²) in [6, 6.07) is 2.14. The van der Waals surface area contributed by atoms with Crippen LogP contribution in [0.1, 0.15) is 30.3 Å². The Morgan fingerprint density at radius 1 is 1.35 bits per heavy atom. The van der Waals surface area contributed by atoms with Crippen LogP contribution in [-0.2, 0) is 0 Å². The SMILES string of the molecule is Cc1ccsc1-c1csc(C(CN)C(C)C)n1. The Labute approximate surface area is 111 Å². The Morgan fingerprint density at radius 2 is 2.12 bits per heavy atom. The van der Waals surface area contributed by atoms with Crippen LogP contribution in [0.15, 0.2) is 16.8 Å². The van der Waals surface area contributed by atoms with Gasteiger partial charge in [0.15, 0.2) is 0 Å². The average Bonchev–Trinajstić information content (AvgIpc) is 2.87. The second-order valence-corrected chi connectivity index (χ2v) is 6.40. The lowest BCUT2D eigenvalue weighted by Gasteiger charge is -2.15. The van der Waals surface area contributed by atoms with E-state index >= 15 is 0 Å². The van der Waals surface area contributed by atoms with E-state index in [0.717, 1.165) is 5.69 Å². The molecule has 0 aromatic carbocycles. The van der Waals surface area contributed by atoms with E-state index in [4.69, 9.17) is 10.7 Å². The van der Waals surface area contributed by atoms with Gasteiger partial charge in [0.1, 0.15) is 0 Å². The molecule has 0 saturated carbocycles. The van der Waals surface area contributed by atoms with Crippen molar-refractivity contribution >= 4 is 22.7 Å². The Morgan fingerprint density at radius 3 is 2.65 bits per heavy atom. The van der Waals surface area contributed by atoms with Gasteiger partial charge >= 0.3 is 0 Å². The van der Waals surface area contributed by atoms with Crippen LogP contribution in [0.4, 0.5) is 0 Å². The van der Waals surface area contributed by atoms with E-state index in [1.165, 1.54) is 15.4 Å². The predicted molar refractivity (Wildman–Crippen MR) is 76.8 cm³/mol. The second kappa shape index (κ2) is 5.29. The van der Waals surface area contributed by atoms with E-state index in [-0.39, 0.29) is 0 Å². The maximum Gasteiger partial charge on any atom is 0.0979 e. The normalized spacial score (nSPS) is 13.2. The molecule has 1 atom stereocenters. The summed E-state index contributed by atoms with van der Waals surface area (Å²) >= 11 is 3.49. The lowest BCUT2D eigenvalue weighted by Crippen LogP contribution is -2.17. The van der Waals surface area contributed by atoms with Gasteiger partial charge in [-0.3, -0.25) is 0 Å². The molecule has 2 rings (SSSR count). The Balaban J connectivity index is 2.30. The lowest BCUT2D eigenvalue weighted by atomic mass is 9.97. The molecule has 0 amide bonds. The van der Waals surface area contributed by atoms with Gasteiger partial charge in [-0.15, -0.1) is 22.7 Å². The Bertz CT molecular complexity index is 485. The van der Waals surface area contributed by atoms with Crippen molar-refractivity contribution in [3.05, 3.63) is 27.4 Å². The maximum atomic E-state index is 5.83. The molecule has 2 heterocycles. The molecule has 2 aromatic heterocycles. The minimum atomic E-state index is 0.383. The van der Waals surface area contributed by atoms with Crippen molar-refractivity contribution < 1.29 is 0 Å².